The zero-order valence-corrected chi connectivity index (χ0v) is 9.87. The molecule has 0 unspecified atom stereocenters. The molecule has 0 atom stereocenters. The van der Waals surface area contributed by atoms with Gasteiger partial charge in [-0.3, -0.25) is 0 Å². The Bertz CT molecular complexity index is 77.9. The molecule has 0 aliphatic heterocycles. The summed E-state index contributed by atoms with van der Waals surface area (Å²) in [6.07, 6.45) is 1.78. The van der Waals surface area contributed by atoms with Crippen LogP contribution in [0.5, 0.6) is 0 Å². The molecule has 4 nitrogen and oxygen atoms in total. The Morgan fingerprint density at radius 2 is 1.42 bits per heavy atom. The molecule has 0 aromatic heterocycles. The van der Waals surface area contributed by atoms with E-state index in [0.29, 0.717) is 13.1 Å². The molecule has 0 heterocycles. The van der Waals surface area contributed by atoms with Gasteiger partial charge in [-0.2, -0.15) is 13.1 Å². The standard InChI is InChI=1S/C4H10N2.C2H4O2.ClH.Pt/c5-3-1-2-4-6;1-2(3)4;;/h5-6H,1-4H2;1H3,(H,3,4);1H;/q-2;;;+4/p-2. The van der Waals surface area contributed by atoms with Gasteiger partial charge in [0, 0.05) is 5.97 Å². The molecule has 0 rings (SSSR count). The molecule has 6 heteroatoms. The molecular weight excluding hydrogens is 363 g/mol. The summed E-state index contributed by atoms with van der Waals surface area (Å²) in [4.78, 5) is 8.89. The van der Waals surface area contributed by atoms with E-state index in [0.717, 1.165) is 19.8 Å². The van der Waals surface area contributed by atoms with Crippen molar-refractivity contribution in [3.05, 3.63) is 11.5 Å². The van der Waals surface area contributed by atoms with Crippen LogP contribution in [-0.2, 0) is 25.9 Å². The maximum Gasteiger partial charge on any atom is 4.00 e. The Morgan fingerprint density at radius 3 is 1.50 bits per heavy atom. The fourth-order valence-electron chi connectivity index (χ4n) is 0.250. The molecule has 0 spiro atoms. The fraction of sp³-hybridized carbons (Fsp3) is 0.833. The zero-order valence-electron chi connectivity index (χ0n) is 6.84. The van der Waals surface area contributed by atoms with Crippen molar-refractivity contribution in [1.82, 2.24) is 0 Å². The Balaban J connectivity index is -0.0000000483. The number of carbonyl (C=O) groups excluding carboxylic acids is 1. The number of carboxylic acids is 1. The van der Waals surface area contributed by atoms with Gasteiger partial charge < -0.3 is 33.8 Å². The Kier molecular flexibility index (Phi) is 42.8. The smallest absolute Gasteiger partial charge is 1.00 e. The number of nitrogens with one attached hydrogen (secondary N) is 2. The van der Waals surface area contributed by atoms with Crippen molar-refractivity contribution in [3.8, 4) is 0 Å². The number of rotatable bonds is 3. The molecule has 0 bridgehead atoms. The van der Waals surface area contributed by atoms with Gasteiger partial charge in [0.2, 0.25) is 0 Å². The summed E-state index contributed by atoms with van der Waals surface area (Å²) in [5.41, 5.74) is 13.2. The average molecular weight is 376 g/mol. The van der Waals surface area contributed by atoms with Crippen LogP contribution >= 0.6 is 0 Å². The molecule has 0 aromatic rings. The summed E-state index contributed by atoms with van der Waals surface area (Å²) in [5, 5.41) is 8.89. The number of aliphatic carboxylic acids is 1. The van der Waals surface area contributed by atoms with Crippen LogP contribution in [0, 0.1) is 0 Å². The van der Waals surface area contributed by atoms with E-state index in [-0.39, 0.29) is 33.5 Å². The van der Waals surface area contributed by atoms with Crippen molar-refractivity contribution in [3.63, 3.8) is 0 Å². The van der Waals surface area contributed by atoms with Crippen LogP contribution in [0.4, 0.5) is 0 Å². The van der Waals surface area contributed by atoms with E-state index in [9.17, 15) is 0 Å². The van der Waals surface area contributed by atoms with Crippen LogP contribution in [0.25, 0.3) is 11.5 Å². The van der Waals surface area contributed by atoms with Crippen molar-refractivity contribution in [2.75, 3.05) is 13.1 Å². The van der Waals surface area contributed by atoms with Crippen LogP contribution < -0.4 is 17.5 Å². The molecule has 2 N–H and O–H groups in total. The third kappa shape index (κ3) is 80.2. The first-order chi connectivity index (χ1) is 4.65. The third-order valence-electron chi connectivity index (χ3n) is 0.604. The van der Waals surface area contributed by atoms with Crippen LogP contribution in [0.1, 0.15) is 19.8 Å². The first-order valence-electron chi connectivity index (χ1n) is 3.12. The van der Waals surface area contributed by atoms with Crippen molar-refractivity contribution >= 4 is 5.97 Å². The molecule has 0 fully saturated rings. The summed E-state index contributed by atoms with van der Waals surface area (Å²) in [6, 6.07) is 0. The van der Waals surface area contributed by atoms with Gasteiger partial charge in [0.15, 0.2) is 0 Å². The van der Waals surface area contributed by atoms with E-state index < -0.39 is 5.97 Å². The topological polar surface area (TPSA) is 87.7 Å². The van der Waals surface area contributed by atoms with E-state index in [4.69, 9.17) is 21.4 Å². The van der Waals surface area contributed by atoms with Crippen molar-refractivity contribution in [1.29, 1.82) is 0 Å². The summed E-state index contributed by atoms with van der Waals surface area (Å²) in [5.74, 6) is -1.08. The predicted molar refractivity (Wildman–Crippen MR) is 38.3 cm³/mol. The third-order valence-corrected chi connectivity index (χ3v) is 0.604. The number of hydrogen-bond acceptors (Lipinski definition) is 2. The van der Waals surface area contributed by atoms with Gasteiger partial charge in [-0.05, 0) is 6.92 Å². The number of carboxylic acid groups (broad SMARTS) is 1. The minimum Gasteiger partial charge on any atom is -1.00 e. The quantitative estimate of drug-likeness (QED) is 0.516. The summed E-state index contributed by atoms with van der Waals surface area (Å²) in [7, 11) is 0. The van der Waals surface area contributed by atoms with Crippen LogP contribution in [0.15, 0.2) is 0 Å². The van der Waals surface area contributed by atoms with Gasteiger partial charge in [-0.25, -0.2) is 0 Å². The molecular formula is C6H13ClN2O2Pt. The average Bonchev–Trinajstić information content (AvgIpc) is 1.82. The number of unbranched alkanes of at least 4 members (excludes halogenated alkanes) is 1. The number of carbonyl (C=O) groups is 1. The van der Waals surface area contributed by atoms with Gasteiger partial charge in [0.05, 0.1) is 0 Å². The summed E-state index contributed by atoms with van der Waals surface area (Å²) < 4.78 is 0. The maximum absolute atomic E-state index is 8.89. The maximum atomic E-state index is 8.89. The summed E-state index contributed by atoms with van der Waals surface area (Å²) >= 11 is 0. The molecule has 0 saturated heterocycles. The van der Waals surface area contributed by atoms with E-state index in [1.807, 2.05) is 0 Å². The molecule has 0 aromatic carbocycles. The molecule has 12 heavy (non-hydrogen) atoms. The molecule has 76 valence electrons. The Labute approximate surface area is 93.7 Å². The van der Waals surface area contributed by atoms with E-state index in [1.165, 1.54) is 0 Å². The minimum absolute atomic E-state index is 0. The first kappa shape index (κ1) is 22.8. The number of hydrogen-bond donors (Lipinski definition) is 0. The van der Waals surface area contributed by atoms with Gasteiger partial charge >= 0.3 is 21.1 Å². The van der Waals surface area contributed by atoms with E-state index in [2.05, 4.69) is 0 Å². The predicted octanol–water partition coefficient (Wildman–Crippen LogP) is -2.37. The molecule has 0 aliphatic rings. The molecule has 0 aliphatic carbocycles. The normalized spacial score (nSPS) is 6.58. The molecule has 0 radical (unpaired) electrons. The van der Waals surface area contributed by atoms with E-state index >= 15 is 0 Å². The van der Waals surface area contributed by atoms with Gasteiger partial charge in [-0.1, -0.05) is 12.8 Å². The second-order valence-electron chi connectivity index (χ2n) is 1.70. The van der Waals surface area contributed by atoms with Crippen molar-refractivity contribution < 1.29 is 43.4 Å². The summed E-state index contributed by atoms with van der Waals surface area (Å²) in [6.45, 7) is 1.94. The largest absolute Gasteiger partial charge is 4.00 e. The molecule has 0 amide bonds. The SMILES string of the molecule is CC(=O)[O-].[Cl-].[NH-]CCCC[NH-].[Pt+4]. The Hall–Kier alpha value is 0.368. The van der Waals surface area contributed by atoms with E-state index in [1.54, 1.807) is 0 Å². The van der Waals surface area contributed by atoms with Gasteiger partial charge in [-0.15, -0.1) is 0 Å². The van der Waals surface area contributed by atoms with Crippen molar-refractivity contribution in [2.45, 2.75) is 19.8 Å². The van der Waals surface area contributed by atoms with Crippen LogP contribution in [0.3, 0.4) is 0 Å². The number of halogens is 1. The van der Waals surface area contributed by atoms with Crippen molar-refractivity contribution in [2.24, 2.45) is 0 Å². The zero-order chi connectivity index (χ0) is 8.41. The second kappa shape index (κ2) is 22.5. The second-order valence-corrected chi connectivity index (χ2v) is 1.70. The van der Waals surface area contributed by atoms with Gasteiger partial charge in [0.25, 0.3) is 0 Å². The molecule has 0 saturated carbocycles. The van der Waals surface area contributed by atoms with Crippen LogP contribution in [0.2, 0.25) is 0 Å². The minimum atomic E-state index is -1.08. The first-order valence-corrected chi connectivity index (χ1v) is 3.12. The fourth-order valence-corrected chi connectivity index (χ4v) is 0.250. The van der Waals surface area contributed by atoms with Crippen LogP contribution in [-0.4, -0.2) is 19.1 Å². The Morgan fingerprint density at radius 1 is 1.25 bits per heavy atom. The monoisotopic (exact) mass is 375 g/mol. The van der Waals surface area contributed by atoms with Gasteiger partial charge in [0.1, 0.15) is 0 Å².